The fourth-order valence-corrected chi connectivity index (χ4v) is 4.92. The lowest BCUT2D eigenvalue weighted by molar-refractivity contribution is -0.171. The summed E-state index contributed by atoms with van der Waals surface area (Å²) in [6, 6.07) is -0.642. The van der Waals surface area contributed by atoms with Crippen molar-refractivity contribution in [3.63, 3.8) is 0 Å². The fraction of sp³-hybridized carbons (Fsp3) is 0.625. The fourth-order valence-electron chi connectivity index (χ4n) is 3.31. The lowest BCUT2D eigenvalue weighted by Gasteiger charge is -2.22. The average molecular weight is 461 g/mol. The van der Waals surface area contributed by atoms with Gasteiger partial charge in [0.2, 0.25) is 11.8 Å². The third-order valence-corrected chi connectivity index (χ3v) is 6.49. The first-order chi connectivity index (χ1) is 14.2. The summed E-state index contributed by atoms with van der Waals surface area (Å²) in [6.07, 6.45) is 0.952. The van der Waals surface area contributed by atoms with Gasteiger partial charge in [-0.3, -0.25) is 14.4 Å². The molecule has 5 atom stereocenters. The van der Waals surface area contributed by atoms with Crippen LogP contribution in [0.1, 0.15) is 26.5 Å². The van der Waals surface area contributed by atoms with Gasteiger partial charge in [-0.2, -0.15) is 9.97 Å². The minimum Gasteiger partial charge on any atom is -0.468 e. The van der Waals surface area contributed by atoms with Crippen molar-refractivity contribution in [3.8, 4) is 0 Å². The van der Waals surface area contributed by atoms with Crippen LogP contribution in [-0.2, 0) is 30.6 Å². The van der Waals surface area contributed by atoms with E-state index < -0.39 is 31.2 Å². The van der Waals surface area contributed by atoms with E-state index in [1.165, 1.54) is 13.4 Å². The lowest BCUT2D eigenvalue weighted by atomic mass is 10.1. The molecule has 0 bridgehead atoms. The van der Waals surface area contributed by atoms with Crippen LogP contribution in [0.3, 0.4) is 0 Å². The molecule has 0 saturated carbocycles. The number of hydrogen-bond acceptors (Lipinski definition) is 10. The van der Waals surface area contributed by atoms with E-state index in [4.69, 9.17) is 26.8 Å². The van der Waals surface area contributed by atoms with Crippen LogP contribution in [0, 0.1) is 5.92 Å². The summed E-state index contributed by atoms with van der Waals surface area (Å²) in [5.41, 5.74) is 6.73. The second kappa shape index (κ2) is 9.06. The summed E-state index contributed by atoms with van der Waals surface area (Å²) in [6.45, 7) is 3.09. The van der Waals surface area contributed by atoms with Gasteiger partial charge in [0.25, 0.3) is 0 Å². The summed E-state index contributed by atoms with van der Waals surface area (Å²) < 4.78 is 32.8. The minimum absolute atomic E-state index is 0.0678. The molecule has 3 heterocycles. The Hall–Kier alpha value is -1.92. The van der Waals surface area contributed by atoms with Gasteiger partial charge < -0.3 is 25.0 Å². The average Bonchev–Trinajstić information content (AvgIpc) is 3.25. The number of carbonyl (C=O) groups excluding carboxylic acids is 1. The number of fused-ring (bicyclic) bond motifs is 1. The molecule has 3 rings (SSSR count). The highest BCUT2D eigenvalue weighted by atomic mass is 32.4. The second-order valence-electron chi connectivity index (χ2n) is 7.04. The number of aromatic nitrogens is 4. The first kappa shape index (κ1) is 22.8. The molecule has 1 aliphatic rings. The topological polar surface area (TPSA) is 138 Å². The monoisotopic (exact) mass is 461 g/mol. The highest BCUT2D eigenvalue weighted by molar-refractivity contribution is 8.02. The van der Waals surface area contributed by atoms with Crippen molar-refractivity contribution in [3.05, 3.63) is 6.33 Å². The second-order valence-corrected chi connectivity index (χ2v) is 9.31. The molecule has 0 spiro atoms. The van der Waals surface area contributed by atoms with Crippen LogP contribution in [-0.4, -0.2) is 58.1 Å². The van der Waals surface area contributed by atoms with E-state index >= 15 is 4.39 Å². The van der Waals surface area contributed by atoms with E-state index in [0.717, 1.165) is 0 Å². The molecule has 2 aromatic rings. The third-order valence-electron chi connectivity index (χ3n) is 4.70. The molecule has 1 fully saturated rings. The number of nitrogens with one attached hydrogen (secondary N) is 2. The predicted molar refractivity (Wildman–Crippen MR) is 113 cm³/mol. The van der Waals surface area contributed by atoms with E-state index in [9.17, 15) is 4.79 Å². The van der Waals surface area contributed by atoms with Crippen LogP contribution in [0.25, 0.3) is 11.2 Å². The molecular formula is C16H25FN7O4PS. The van der Waals surface area contributed by atoms with Gasteiger partial charge in [0, 0.05) is 19.4 Å². The number of halogens is 1. The first-order valence-electron chi connectivity index (χ1n) is 9.23. The molecule has 2 aromatic heterocycles. The summed E-state index contributed by atoms with van der Waals surface area (Å²) >= 11 is 5.19. The van der Waals surface area contributed by atoms with Crippen LogP contribution >= 0.6 is 7.07 Å². The zero-order valence-corrected chi connectivity index (χ0v) is 18.8. The molecule has 0 amide bonds. The van der Waals surface area contributed by atoms with Gasteiger partial charge in [-0.15, -0.1) is 0 Å². The number of carbonyl (C=O) groups is 1. The highest BCUT2D eigenvalue weighted by Crippen LogP contribution is 2.44. The maximum absolute atomic E-state index is 15.4. The lowest BCUT2D eigenvalue weighted by Crippen LogP contribution is -2.32. The van der Waals surface area contributed by atoms with Crippen molar-refractivity contribution in [2.75, 3.05) is 31.8 Å². The van der Waals surface area contributed by atoms with Crippen molar-refractivity contribution < 1.29 is 23.2 Å². The molecule has 1 aliphatic heterocycles. The molecule has 166 valence electrons. The Balaban J connectivity index is 1.71. The Morgan fingerprint density at radius 3 is 3.00 bits per heavy atom. The van der Waals surface area contributed by atoms with Gasteiger partial charge in [0.05, 0.1) is 13.4 Å². The SMILES string of the molecule is CNc1nc(N)nc2c1ncn2[C@@H]1O[C@](F)(CO[PH](=S)N[C@@H](C)C(=O)OC)C[C@@H]1C. The van der Waals surface area contributed by atoms with Crippen LogP contribution in [0.2, 0.25) is 0 Å². The van der Waals surface area contributed by atoms with Crippen molar-refractivity contribution in [2.24, 2.45) is 5.92 Å². The van der Waals surface area contributed by atoms with Crippen molar-refractivity contribution in [1.29, 1.82) is 0 Å². The molecule has 30 heavy (non-hydrogen) atoms. The number of alkyl halides is 1. The molecular weight excluding hydrogens is 436 g/mol. The molecule has 11 nitrogen and oxygen atoms in total. The molecule has 1 saturated heterocycles. The zero-order chi connectivity index (χ0) is 22.1. The molecule has 0 aliphatic carbocycles. The maximum atomic E-state index is 15.4. The van der Waals surface area contributed by atoms with Crippen LogP contribution in [0.4, 0.5) is 16.2 Å². The van der Waals surface area contributed by atoms with Crippen LogP contribution in [0.5, 0.6) is 0 Å². The normalized spacial score (nSPS) is 25.9. The largest absolute Gasteiger partial charge is 0.468 e. The Bertz CT molecular complexity index is 963. The van der Waals surface area contributed by atoms with E-state index in [0.29, 0.717) is 17.0 Å². The predicted octanol–water partition coefficient (Wildman–Crippen LogP) is 1.34. The third kappa shape index (κ3) is 4.70. The van der Waals surface area contributed by atoms with Gasteiger partial charge in [0.1, 0.15) is 26.0 Å². The Labute approximate surface area is 178 Å². The Kier molecular flexibility index (Phi) is 6.88. The van der Waals surface area contributed by atoms with E-state index in [1.54, 1.807) is 18.5 Å². The summed E-state index contributed by atoms with van der Waals surface area (Å²) in [5, 5.41) is 5.72. The van der Waals surface area contributed by atoms with Crippen molar-refractivity contribution in [1.82, 2.24) is 24.6 Å². The van der Waals surface area contributed by atoms with Crippen molar-refractivity contribution in [2.45, 2.75) is 38.4 Å². The summed E-state index contributed by atoms with van der Waals surface area (Å²) in [5.74, 6) is -2.18. The minimum atomic E-state index is -2.06. The number of rotatable bonds is 8. The van der Waals surface area contributed by atoms with Gasteiger partial charge in [-0.1, -0.05) is 18.7 Å². The van der Waals surface area contributed by atoms with E-state index in [1.807, 2.05) is 6.92 Å². The number of anilines is 2. The molecule has 1 unspecified atom stereocenters. The Morgan fingerprint density at radius 1 is 1.60 bits per heavy atom. The number of esters is 1. The maximum Gasteiger partial charge on any atom is 0.322 e. The van der Waals surface area contributed by atoms with Crippen LogP contribution in [0.15, 0.2) is 6.33 Å². The van der Waals surface area contributed by atoms with E-state index in [-0.39, 0.29) is 24.9 Å². The number of nitrogen functional groups attached to an aromatic ring is 1. The molecule has 14 heteroatoms. The molecule has 4 N–H and O–H groups in total. The highest BCUT2D eigenvalue weighted by Gasteiger charge is 2.47. The standard InChI is InChI=1S/C16H25FN7O4PS/c1-8-5-16(17,6-27-29(30)23-9(2)14(25)26-4)28-13(8)24-7-20-10-11(19-3)21-15(18)22-12(10)24/h7-9,13,29H,5-6H2,1-4H3,(H,23,30)(H3,18,19,21,22)/t8-,9-,13+,16-/m0/s1. The molecule has 0 aromatic carbocycles. The summed E-state index contributed by atoms with van der Waals surface area (Å²) in [4.78, 5) is 24.1. The van der Waals surface area contributed by atoms with E-state index in [2.05, 4.69) is 30.1 Å². The smallest absolute Gasteiger partial charge is 0.322 e. The quantitative estimate of drug-likeness (QED) is 0.388. The summed E-state index contributed by atoms with van der Waals surface area (Å²) in [7, 11) is 0.917. The number of imidazole rings is 1. The number of nitrogens with two attached hydrogens (primary N) is 1. The van der Waals surface area contributed by atoms with Crippen LogP contribution < -0.4 is 16.1 Å². The van der Waals surface area contributed by atoms with Gasteiger partial charge in [-0.25, -0.2) is 9.37 Å². The van der Waals surface area contributed by atoms with Crippen molar-refractivity contribution >= 4 is 47.8 Å². The zero-order valence-electron chi connectivity index (χ0n) is 17.0. The van der Waals surface area contributed by atoms with Gasteiger partial charge in [-0.05, 0) is 6.92 Å². The first-order valence-corrected chi connectivity index (χ1v) is 11.8. The number of nitrogens with zero attached hydrogens (tertiary/aromatic N) is 4. The number of methoxy groups -OCH3 is 1. The van der Waals surface area contributed by atoms with Gasteiger partial charge >= 0.3 is 5.97 Å². The van der Waals surface area contributed by atoms with Gasteiger partial charge in [0.15, 0.2) is 17.0 Å². The molecule has 0 radical (unpaired) electrons. The Morgan fingerprint density at radius 2 is 2.33 bits per heavy atom. The number of hydrogen-bond donors (Lipinski definition) is 3. The number of ether oxygens (including phenoxy) is 2.